The number of ether oxygens (including phenoxy) is 2. The molecule has 3 heterocycles. The molecule has 7 heteroatoms. The average Bonchev–Trinajstić information content (AvgIpc) is 3.22. The first-order chi connectivity index (χ1) is 13.5. The van der Waals surface area contributed by atoms with Gasteiger partial charge in [-0.2, -0.15) is 0 Å². The van der Waals surface area contributed by atoms with Gasteiger partial charge >= 0.3 is 5.97 Å². The van der Waals surface area contributed by atoms with Crippen molar-refractivity contribution in [3.05, 3.63) is 35.0 Å². The molecule has 2 N–H and O–H groups in total. The molecule has 5 unspecified atom stereocenters. The van der Waals surface area contributed by atoms with E-state index in [1.54, 1.807) is 14.0 Å². The zero-order valence-electron chi connectivity index (χ0n) is 16.4. The number of carbonyl (C=O) groups excluding carboxylic acids is 1. The molecule has 2 saturated heterocycles. The van der Waals surface area contributed by atoms with Crippen LogP contribution in [-0.4, -0.2) is 60.6 Å². The lowest BCUT2D eigenvalue weighted by atomic mass is 9.60. The van der Waals surface area contributed by atoms with Crippen molar-refractivity contribution in [3.63, 3.8) is 0 Å². The molecule has 1 aromatic rings. The van der Waals surface area contributed by atoms with Crippen LogP contribution in [0.2, 0.25) is 0 Å². The van der Waals surface area contributed by atoms with Crippen LogP contribution in [-0.2, 0) is 14.9 Å². The third kappa shape index (κ3) is 1.97. The number of benzene rings is 1. The lowest BCUT2D eigenvalue weighted by Gasteiger charge is -2.51. The van der Waals surface area contributed by atoms with Crippen LogP contribution in [0.3, 0.4) is 0 Å². The molecule has 7 nitrogen and oxygen atoms in total. The monoisotopic (exact) mass is 386 g/mol. The van der Waals surface area contributed by atoms with Crippen molar-refractivity contribution in [2.75, 3.05) is 32.4 Å². The maximum Gasteiger partial charge on any atom is 0.335 e. The predicted octanol–water partition coefficient (Wildman–Crippen LogP) is 1.67. The Kier molecular flexibility index (Phi) is 3.82. The molecule has 5 atom stereocenters. The van der Waals surface area contributed by atoms with E-state index >= 15 is 0 Å². The third-order valence-electron chi connectivity index (χ3n) is 7.44. The predicted molar refractivity (Wildman–Crippen MR) is 101 cm³/mol. The molecule has 4 aliphatic rings. The number of hydroxylamine groups is 1. The maximum atomic E-state index is 13.0. The molecule has 1 aromatic carbocycles. The number of aliphatic hydroxyl groups excluding tert-OH is 1. The Morgan fingerprint density at radius 3 is 2.82 bits per heavy atom. The van der Waals surface area contributed by atoms with E-state index in [0.717, 1.165) is 36.6 Å². The number of hydrogen-bond acceptors (Lipinski definition) is 7. The number of methoxy groups -OCH3 is 2. The number of anilines is 1. The topological polar surface area (TPSA) is 82.5 Å². The minimum atomic E-state index is -0.551. The highest BCUT2D eigenvalue weighted by atomic mass is 16.5. The summed E-state index contributed by atoms with van der Waals surface area (Å²) in [5.74, 6) is -0.0620. The first kappa shape index (κ1) is 18.0. The zero-order valence-corrected chi connectivity index (χ0v) is 16.4. The Balaban J connectivity index is 1.83. The number of hydrogen-bond donors (Lipinski definition) is 2. The summed E-state index contributed by atoms with van der Waals surface area (Å²) in [5, 5.41) is 22.9. The van der Waals surface area contributed by atoms with Gasteiger partial charge in [0.25, 0.3) is 0 Å². The molecule has 28 heavy (non-hydrogen) atoms. The Labute approximate surface area is 164 Å². The van der Waals surface area contributed by atoms with Gasteiger partial charge in [0.05, 0.1) is 37.0 Å². The normalized spacial score (nSPS) is 34.2. The SMILES string of the molecule is COC(=O)C1=C2N(O)c3c(OC)cccc3C23CCN2CC(C(C)O)C1CC23. The van der Waals surface area contributed by atoms with Gasteiger partial charge in [-0.05, 0) is 37.9 Å². The van der Waals surface area contributed by atoms with Crippen LogP contribution in [0.25, 0.3) is 0 Å². The van der Waals surface area contributed by atoms with E-state index in [0.29, 0.717) is 22.7 Å². The van der Waals surface area contributed by atoms with Gasteiger partial charge in [0.2, 0.25) is 0 Å². The van der Waals surface area contributed by atoms with E-state index in [2.05, 4.69) is 4.90 Å². The summed E-state index contributed by atoms with van der Waals surface area (Å²) in [4.78, 5) is 15.4. The molecule has 0 saturated carbocycles. The molecule has 150 valence electrons. The molecule has 2 bridgehead atoms. The van der Waals surface area contributed by atoms with Gasteiger partial charge in [-0.15, -0.1) is 0 Å². The van der Waals surface area contributed by atoms with Crippen LogP contribution >= 0.6 is 0 Å². The number of esters is 1. The van der Waals surface area contributed by atoms with E-state index in [-0.39, 0.29) is 17.9 Å². The number of para-hydroxylation sites is 1. The second-order valence-electron chi connectivity index (χ2n) is 8.40. The van der Waals surface area contributed by atoms with Crippen molar-refractivity contribution in [1.29, 1.82) is 0 Å². The lowest BCUT2D eigenvalue weighted by Crippen LogP contribution is -2.58. The molecule has 1 aliphatic carbocycles. The average molecular weight is 386 g/mol. The van der Waals surface area contributed by atoms with Gasteiger partial charge in [-0.1, -0.05) is 12.1 Å². The Morgan fingerprint density at radius 1 is 1.36 bits per heavy atom. The summed E-state index contributed by atoms with van der Waals surface area (Å²) in [7, 11) is 2.96. The van der Waals surface area contributed by atoms with Crippen molar-refractivity contribution in [1.82, 2.24) is 4.90 Å². The Hall–Kier alpha value is -2.09. The van der Waals surface area contributed by atoms with Crippen LogP contribution in [0.15, 0.2) is 29.5 Å². The standard InChI is InChI=1S/C21H26N2O5/c1-11(24)13-10-22-8-7-21-14-5-4-6-15(27-2)18(14)23(26)19(21)17(20(25)28-3)12(13)9-16(21)22/h4-6,11-13,16,24,26H,7-10H2,1-3H3. The van der Waals surface area contributed by atoms with Crippen LogP contribution in [0.5, 0.6) is 5.75 Å². The minimum absolute atomic E-state index is 0.0760. The lowest BCUT2D eigenvalue weighted by molar-refractivity contribution is -0.138. The van der Waals surface area contributed by atoms with Gasteiger partial charge in [0, 0.05) is 24.4 Å². The number of nitrogens with zero attached hydrogens (tertiary/aromatic N) is 2. The van der Waals surface area contributed by atoms with Crippen LogP contribution in [0.4, 0.5) is 5.69 Å². The largest absolute Gasteiger partial charge is 0.494 e. The number of rotatable bonds is 3. The van der Waals surface area contributed by atoms with E-state index < -0.39 is 17.5 Å². The number of piperidine rings is 1. The highest BCUT2D eigenvalue weighted by molar-refractivity contribution is 5.94. The minimum Gasteiger partial charge on any atom is -0.494 e. The van der Waals surface area contributed by atoms with Crippen molar-refractivity contribution < 1.29 is 24.6 Å². The van der Waals surface area contributed by atoms with Crippen molar-refractivity contribution in [2.24, 2.45) is 11.8 Å². The Morgan fingerprint density at radius 2 is 2.14 bits per heavy atom. The number of fused-ring (bicyclic) bond motifs is 2. The molecule has 3 aliphatic heterocycles. The molecular weight excluding hydrogens is 360 g/mol. The first-order valence-corrected chi connectivity index (χ1v) is 9.87. The summed E-state index contributed by atoms with van der Waals surface area (Å²) in [6, 6.07) is 5.98. The molecule has 0 aromatic heterocycles. The third-order valence-corrected chi connectivity index (χ3v) is 7.44. The van der Waals surface area contributed by atoms with Gasteiger partial charge in [0.1, 0.15) is 11.4 Å². The van der Waals surface area contributed by atoms with E-state index in [1.807, 2.05) is 18.2 Å². The summed E-state index contributed by atoms with van der Waals surface area (Å²) in [6.45, 7) is 3.39. The van der Waals surface area contributed by atoms with Crippen molar-refractivity contribution in [3.8, 4) is 5.75 Å². The fourth-order valence-electron chi connectivity index (χ4n) is 6.33. The molecule has 0 radical (unpaired) electrons. The summed E-state index contributed by atoms with van der Waals surface area (Å²) >= 11 is 0. The summed E-state index contributed by atoms with van der Waals surface area (Å²) < 4.78 is 10.7. The second kappa shape index (κ2) is 5.95. The van der Waals surface area contributed by atoms with Gasteiger partial charge < -0.3 is 14.6 Å². The Bertz CT molecular complexity index is 882. The molecular formula is C21H26N2O5. The van der Waals surface area contributed by atoms with Crippen LogP contribution < -0.4 is 9.80 Å². The highest BCUT2D eigenvalue weighted by Crippen LogP contribution is 2.64. The fourth-order valence-corrected chi connectivity index (χ4v) is 6.33. The molecule has 5 rings (SSSR count). The quantitative estimate of drug-likeness (QED) is 0.765. The summed E-state index contributed by atoms with van der Waals surface area (Å²) in [5.41, 5.74) is 2.29. The van der Waals surface area contributed by atoms with Crippen LogP contribution in [0.1, 0.15) is 25.3 Å². The van der Waals surface area contributed by atoms with E-state index in [9.17, 15) is 15.1 Å². The molecule has 2 fully saturated rings. The molecule has 0 amide bonds. The summed E-state index contributed by atoms with van der Waals surface area (Å²) in [6.07, 6.45) is 1.03. The fraction of sp³-hybridized carbons (Fsp3) is 0.571. The van der Waals surface area contributed by atoms with Crippen molar-refractivity contribution >= 4 is 11.7 Å². The maximum absolute atomic E-state index is 13.0. The van der Waals surface area contributed by atoms with Gasteiger partial charge in [-0.25, -0.2) is 9.86 Å². The van der Waals surface area contributed by atoms with E-state index in [4.69, 9.17) is 9.47 Å². The molecule has 1 spiro atoms. The van der Waals surface area contributed by atoms with Crippen LogP contribution in [0, 0.1) is 11.8 Å². The smallest absolute Gasteiger partial charge is 0.335 e. The zero-order chi connectivity index (χ0) is 19.8. The van der Waals surface area contributed by atoms with E-state index in [1.165, 1.54) is 7.11 Å². The highest BCUT2D eigenvalue weighted by Gasteiger charge is 2.65. The first-order valence-electron chi connectivity index (χ1n) is 9.87. The van der Waals surface area contributed by atoms with Gasteiger partial charge in [0.15, 0.2) is 0 Å². The van der Waals surface area contributed by atoms with Gasteiger partial charge in [-0.3, -0.25) is 10.1 Å². The van der Waals surface area contributed by atoms with Crippen molar-refractivity contribution in [2.45, 2.75) is 37.3 Å². The number of carbonyl (C=O) groups is 1. The second-order valence-corrected chi connectivity index (χ2v) is 8.40. The number of aliphatic hydroxyl groups is 1.